The maximum Gasteiger partial charge on any atom is 0.263 e. The van der Waals surface area contributed by atoms with Crippen molar-refractivity contribution in [1.29, 1.82) is 0 Å². The smallest absolute Gasteiger partial charge is 0.263 e. The summed E-state index contributed by atoms with van der Waals surface area (Å²) >= 11 is 1.30. The highest BCUT2D eigenvalue weighted by Crippen LogP contribution is 2.28. The van der Waals surface area contributed by atoms with E-state index in [1.54, 1.807) is 19.1 Å². The van der Waals surface area contributed by atoms with E-state index in [9.17, 15) is 9.18 Å². The number of amides is 1. The number of thiazole rings is 1. The van der Waals surface area contributed by atoms with Crippen molar-refractivity contribution in [3.8, 4) is 10.6 Å². The van der Waals surface area contributed by atoms with Crippen molar-refractivity contribution >= 4 is 17.2 Å². The Hall–Kier alpha value is -1.79. The zero-order valence-electron chi connectivity index (χ0n) is 12.6. The first-order chi connectivity index (χ1) is 10.5. The van der Waals surface area contributed by atoms with E-state index in [1.807, 2.05) is 6.92 Å². The van der Waals surface area contributed by atoms with E-state index in [4.69, 9.17) is 5.11 Å². The van der Waals surface area contributed by atoms with Crippen LogP contribution in [0.15, 0.2) is 24.3 Å². The summed E-state index contributed by atoms with van der Waals surface area (Å²) < 4.78 is 13.0. The maximum atomic E-state index is 13.0. The highest BCUT2D eigenvalue weighted by molar-refractivity contribution is 7.17. The number of hydrogen-bond donors (Lipinski definition) is 2. The van der Waals surface area contributed by atoms with E-state index in [0.29, 0.717) is 22.0 Å². The average molecular weight is 322 g/mol. The van der Waals surface area contributed by atoms with Crippen LogP contribution in [0, 0.1) is 12.7 Å². The number of aryl methyl sites for hydroxylation is 1. The fourth-order valence-corrected chi connectivity index (χ4v) is 3.06. The van der Waals surface area contributed by atoms with Crippen LogP contribution in [0.3, 0.4) is 0 Å². The number of carbonyl (C=O) groups is 1. The molecule has 2 rings (SSSR count). The number of nitrogens with zero attached hydrogens (tertiary/aromatic N) is 1. The van der Waals surface area contributed by atoms with E-state index in [1.165, 1.54) is 23.5 Å². The second-order valence-electron chi connectivity index (χ2n) is 5.18. The third kappa shape index (κ3) is 4.11. The molecule has 0 aliphatic rings. The number of nitrogens with one attached hydrogen (secondary N) is 1. The predicted octanol–water partition coefficient (Wildman–Crippen LogP) is 3.15. The molecule has 2 aromatic rings. The van der Waals surface area contributed by atoms with Crippen molar-refractivity contribution in [2.45, 2.75) is 32.7 Å². The van der Waals surface area contributed by atoms with Gasteiger partial charge in [-0.3, -0.25) is 4.79 Å². The molecule has 1 aromatic heterocycles. The number of hydrogen-bond acceptors (Lipinski definition) is 4. The minimum atomic E-state index is -0.298. The summed E-state index contributed by atoms with van der Waals surface area (Å²) in [6, 6.07) is 6.06. The van der Waals surface area contributed by atoms with Crippen LogP contribution >= 0.6 is 11.3 Å². The number of benzene rings is 1. The highest BCUT2D eigenvalue weighted by atomic mass is 32.1. The van der Waals surface area contributed by atoms with Crippen LogP contribution in [0.4, 0.5) is 4.39 Å². The van der Waals surface area contributed by atoms with Crippen molar-refractivity contribution in [3.05, 3.63) is 40.7 Å². The Bertz CT molecular complexity index is 640. The van der Waals surface area contributed by atoms with Gasteiger partial charge in [-0.25, -0.2) is 9.37 Å². The zero-order chi connectivity index (χ0) is 16.1. The lowest BCUT2D eigenvalue weighted by atomic mass is 10.2. The first kappa shape index (κ1) is 16.6. The summed E-state index contributed by atoms with van der Waals surface area (Å²) in [7, 11) is 0. The molecule has 22 heavy (non-hydrogen) atoms. The molecule has 1 heterocycles. The molecule has 0 saturated heterocycles. The first-order valence-corrected chi connectivity index (χ1v) is 7.98. The Kier molecular flexibility index (Phi) is 5.63. The lowest BCUT2D eigenvalue weighted by Crippen LogP contribution is -2.32. The van der Waals surface area contributed by atoms with Gasteiger partial charge in [-0.15, -0.1) is 11.3 Å². The summed E-state index contributed by atoms with van der Waals surface area (Å²) in [5, 5.41) is 12.4. The number of aliphatic hydroxyl groups is 1. The summed E-state index contributed by atoms with van der Waals surface area (Å²) in [4.78, 5) is 17.2. The van der Waals surface area contributed by atoms with Crippen molar-refractivity contribution in [1.82, 2.24) is 10.3 Å². The van der Waals surface area contributed by atoms with Gasteiger partial charge in [-0.2, -0.15) is 0 Å². The molecular weight excluding hydrogens is 303 g/mol. The Balaban J connectivity index is 2.12. The lowest BCUT2D eigenvalue weighted by Gasteiger charge is -2.12. The number of aromatic nitrogens is 1. The zero-order valence-corrected chi connectivity index (χ0v) is 13.4. The second-order valence-corrected chi connectivity index (χ2v) is 6.18. The van der Waals surface area contributed by atoms with Crippen molar-refractivity contribution in [2.24, 2.45) is 0 Å². The SMILES string of the molecule is Cc1nc(-c2ccc(F)cc2)sc1C(=O)NC(C)CCCO. The molecule has 1 unspecified atom stereocenters. The second kappa shape index (κ2) is 7.47. The molecule has 0 fully saturated rings. The third-order valence-corrected chi connectivity index (χ3v) is 4.47. The van der Waals surface area contributed by atoms with Crippen LogP contribution in [0.2, 0.25) is 0 Å². The van der Waals surface area contributed by atoms with Gasteiger partial charge in [0.05, 0.1) is 5.69 Å². The molecule has 0 aliphatic heterocycles. The summed E-state index contributed by atoms with van der Waals surface area (Å²) in [6.45, 7) is 3.82. The molecule has 118 valence electrons. The van der Waals surface area contributed by atoms with Crippen LogP contribution in [-0.2, 0) is 0 Å². The third-order valence-electron chi connectivity index (χ3n) is 3.27. The first-order valence-electron chi connectivity index (χ1n) is 7.16. The number of aliphatic hydroxyl groups excluding tert-OH is 1. The van der Waals surface area contributed by atoms with Crippen molar-refractivity contribution in [2.75, 3.05) is 6.61 Å². The molecule has 1 aromatic carbocycles. The van der Waals surface area contributed by atoms with Gasteiger partial charge in [0.15, 0.2) is 0 Å². The van der Waals surface area contributed by atoms with Gasteiger partial charge >= 0.3 is 0 Å². The van der Waals surface area contributed by atoms with E-state index in [0.717, 1.165) is 12.0 Å². The lowest BCUT2D eigenvalue weighted by molar-refractivity contribution is 0.0939. The minimum Gasteiger partial charge on any atom is -0.396 e. The molecule has 0 bridgehead atoms. The van der Waals surface area contributed by atoms with Gasteiger partial charge in [-0.1, -0.05) is 0 Å². The standard InChI is InChI=1S/C16H19FN2O2S/c1-10(4-3-9-20)18-15(21)14-11(2)19-16(22-14)12-5-7-13(17)8-6-12/h5-8,10,20H,3-4,9H2,1-2H3,(H,18,21). The minimum absolute atomic E-state index is 0.00424. The highest BCUT2D eigenvalue weighted by Gasteiger charge is 2.17. The van der Waals surface area contributed by atoms with Gasteiger partial charge in [0.2, 0.25) is 0 Å². The molecule has 1 amide bonds. The Morgan fingerprint density at radius 2 is 2.09 bits per heavy atom. The molecule has 6 heteroatoms. The Morgan fingerprint density at radius 3 is 2.73 bits per heavy atom. The topological polar surface area (TPSA) is 62.2 Å². The molecule has 0 radical (unpaired) electrons. The average Bonchev–Trinajstić information content (AvgIpc) is 2.88. The van der Waals surface area contributed by atoms with Gasteiger partial charge in [0, 0.05) is 18.2 Å². The number of rotatable bonds is 6. The molecule has 0 saturated carbocycles. The van der Waals surface area contributed by atoms with Crippen LogP contribution in [0.25, 0.3) is 10.6 Å². The number of carbonyl (C=O) groups excluding carboxylic acids is 1. The Morgan fingerprint density at radius 1 is 1.41 bits per heavy atom. The van der Waals surface area contributed by atoms with Crippen molar-refractivity contribution < 1.29 is 14.3 Å². The molecule has 0 aliphatic carbocycles. The van der Waals surface area contributed by atoms with Crippen LogP contribution in [0.1, 0.15) is 35.1 Å². The maximum absolute atomic E-state index is 13.0. The molecule has 1 atom stereocenters. The summed E-state index contributed by atoms with van der Waals surface area (Å²) in [5.41, 5.74) is 1.46. The van der Waals surface area contributed by atoms with Crippen molar-refractivity contribution in [3.63, 3.8) is 0 Å². The van der Waals surface area contributed by atoms with E-state index >= 15 is 0 Å². The van der Waals surface area contributed by atoms with Crippen LogP contribution in [-0.4, -0.2) is 28.6 Å². The van der Waals surface area contributed by atoms with E-state index in [-0.39, 0.29) is 24.4 Å². The van der Waals surface area contributed by atoms with Crippen LogP contribution in [0.5, 0.6) is 0 Å². The van der Waals surface area contributed by atoms with Gasteiger partial charge in [0.25, 0.3) is 5.91 Å². The van der Waals surface area contributed by atoms with Gasteiger partial charge in [-0.05, 0) is 51.0 Å². The fourth-order valence-electron chi connectivity index (χ4n) is 2.08. The van der Waals surface area contributed by atoms with Crippen LogP contribution < -0.4 is 5.32 Å². The summed E-state index contributed by atoms with van der Waals surface area (Å²) in [6.07, 6.45) is 1.38. The predicted molar refractivity (Wildman–Crippen MR) is 85.5 cm³/mol. The molecule has 0 spiro atoms. The number of halogens is 1. The Labute approximate surface area is 133 Å². The normalized spacial score (nSPS) is 12.2. The monoisotopic (exact) mass is 322 g/mol. The summed E-state index contributed by atoms with van der Waals surface area (Å²) in [5.74, 6) is -0.457. The van der Waals surface area contributed by atoms with Gasteiger partial charge < -0.3 is 10.4 Å². The molecule has 2 N–H and O–H groups in total. The van der Waals surface area contributed by atoms with E-state index in [2.05, 4.69) is 10.3 Å². The van der Waals surface area contributed by atoms with E-state index < -0.39 is 0 Å². The molecule has 4 nitrogen and oxygen atoms in total. The molecular formula is C16H19FN2O2S. The quantitative estimate of drug-likeness (QED) is 0.859. The van der Waals surface area contributed by atoms with Gasteiger partial charge in [0.1, 0.15) is 15.7 Å². The fraction of sp³-hybridized carbons (Fsp3) is 0.375. The largest absolute Gasteiger partial charge is 0.396 e.